The second kappa shape index (κ2) is 5.13. The second-order valence-electron chi connectivity index (χ2n) is 4.71. The van der Waals surface area contributed by atoms with E-state index in [0.29, 0.717) is 11.1 Å². The molecular weight excluding hydrogens is 248 g/mol. The predicted octanol–water partition coefficient (Wildman–Crippen LogP) is 3.79. The van der Waals surface area contributed by atoms with Crippen LogP contribution in [0.3, 0.4) is 0 Å². The van der Waals surface area contributed by atoms with Crippen LogP contribution in [0.25, 0.3) is 0 Å². The first-order valence-electron chi connectivity index (χ1n) is 6.13. The highest BCUT2D eigenvalue weighted by molar-refractivity contribution is 5.37. The van der Waals surface area contributed by atoms with Gasteiger partial charge in [0.1, 0.15) is 23.2 Å². The molecule has 0 aliphatic heterocycles. The molecule has 2 aromatic rings. The summed E-state index contributed by atoms with van der Waals surface area (Å²) in [6.45, 7) is 5.30. The number of halogens is 2. The third kappa shape index (κ3) is 2.54. The maximum Gasteiger partial charge on any atom is 0.131 e. The Morgan fingerprint density at radius 3 is 2.21 bits per heavy atom. The molecule has 1 aromatic heterocycles. The number of benzene rings is 1. The number of hydrogen-bond donors (Lipinski definition) is 1. The van der Waals surface area contributed by atoms with Crippen molar-refractivity contribution in [2.24, 2.45) is 0 Å². The van der Waals surface area contributed by atoms with E-state index in [0.717, 1.165) is 23.2 Å². The number of rotatable bonds is 3. The molecule has 0 bridgehead atoms. The number of hydrogen-bond acceptors (Lipinski definition) is 2. The van der Waals surface area contributed by atoms with Gasteiger partial charge in [-0.05, 0) is 45.5 Å². The molecule has 2 rings (SSSR count). The standard InChI is InChI=1S/C15H17F2NO/c1-8-5-12(14(17)7-13(8)16)15(18-4)11-6-9(2)19-10(11)3/h5-7,15,18H,1-4H3. The van der Waals surface area contributed by atoms with E-state index in [-0.39, 0.29) is 6.04 Å². The lowest BCUT2D eigenvalue weighted by Crippen LogP contribution is -2.19. The first-order chi connectivity index (χ1) is 8.93. The molecule has 1 aromatic carbocycles. The predicted molar refractivity (Wildman–Crippen MR) is 70.2 cm³/mol. The van der Waals surface area contributed by atoms with Crippen molar-refractivity contribution < 1.29 is 13.2 Å². The third-order valence-corrected chi connectivity index (χ3v) is 3.27. The lowest BCUT2D eigenvalue weighted by atomic mass is 9.97. The quantitative estimate of drug-likeness (QED) is 0.913. The van der Waals surface area contributed by atoms with Gasteiger partial charge in [0.05, 0.1) is 6.04 Å². The molecule has 4 heteroatoms. The van der Waals surface area contributed by atoms with Gasteiger partial charge in [-0.3, -0.25) is 0 Å². The van der Waals surface area contributed by atoms with Crippen LogP contribution in [-0.2, 0) is 0 Å². The molecule has 1 unspecified atom stereocenters. The smallest absolute Gasteiger partial charge is 0.131 e. The Hall–Kier alpha value is -1.68. The van der Waals surface area contributed by atoms with Crippen LogP contribution in [-0.4, -0.2) is 7.05 Å². The molecule has 2 nitrogen and oxygen atoms in total. The van der Waals surface area contributed by atoms with E-state index < -0.39 is 11.6 Å². The maximum atomic E-state index is 14.0. The Labute approximate surface area is 111 Å². The molecule has 0 saturated heterocycles. The van der Waals surface area contributed by atoms with Crippen LogP contribution in [0.5, 0.6) is 0 Å². The maximum absolute atomic E-state index is 14.0. The highest BCUT2D eigenvalue weighted by atomic mass is 19.1. The van der Waals surface area contributed by atoms with Gasteiger partial charge in [0.2, 0.25) is 0 Å². The van der Waals surface area contributed by atoms with Gasteiger partial charge in [-0.15, -0.1) is 0 Å². The second-order valence-corrected chi connectivity index (χ2v) is 4.71. The number of nitrogens with one attached hydrogen (secondary N) is 1. The fraction of sp³-hybridized carbons (Fsp3) is 0.333. The van der Waals surface area contributed by atoms with E-state index in [2.05, 4.69) is 5.32 Å². The Morgan fingerprint density at radius 1 is 1.00 bits per heavy atom. The largest absolute Gasteiger partial charge is 0.466 e. The van der Waals surface area contributed by atoms with Crippen LogP contribution in [0.2, 0.25) is 0 Å². The van der Waals surface area contributed by atoms with Gasteiger partial charge >= 0.3 is 0 Å². The molecule has 0 spiro atoms. The van der Waals surface area contributed by atoms with Gasteiger partial charge < -0.3 is 9.73 Å². The van der Waals surface area contributed by atoms with E-state index in [1.165, 1.54) is 6.07 Å². The minimum atomic E-state index is -0.555. The van der Waals surface area contributed by atoms with Gasteiger partial charge in [0.15, 0.2) is 0 Å². The van der Waals surface area contributed by atoms with Gasteiger partial charge in [-0.1, -0.05) is 0 Å². The van der Waals surface area contributed by atoms with Crippen LogP contribution < -0.4 is 5.32 Å². The zero-order valence-corrected chi connectivity index (χ0v) is 11.5. The Balaban J connectivity index is 2.54. The van der Waals surface area contributed by atoms with E-state index in [9.17, 15) is 8.78 Å². The summed E-state index contributed by atoms with van der Waals surface area (Å²) in [5, 5.41) is 3.05. The van der Waals surface area contributed by atoms with Crippen LogP contribution in [0.15, 0.2) is 22.6 Å². The fourth-order valence-electron chi connectivity index (χ4n) is 2.32. The van der Waals surface area contributed by atoms with E-state index >= 15 is 0 Å². The Morgan fingerprint density at radius 2 is 1.68 bits per heavy atom. The van der Waals surface area contributed by atoms with Crippen LogP contribution in [0, 0.1) is 32.4 Å². The van der Waals surface area contributed by atoms with Gasteiger partial charge in [-0.2, -0.15) is 0 Å². The summed E-state index contributed by atoms with van der Waals surface area (Å²) in [6.07, 6.45) is 0. The lowest BCUT2D eigenvalue weighted by molar-refractivity contribution is 0.494. The highest BCUT2D eigenvalue weighted by Gasteiger charge is 2.21. The SMILES string of the molecule is CNC(c1cc(C)c(F)cc1F)c1cc(C)oc1C. The summed E-state index contributed by atoms with van der Waals surface area (Å²) in [7, 11) is 1.74. The molecule has 0 amide bonds. The Bertz CT molecular complexity index is 604. The van der Waals surface area contributed by atoms with Crippen LogP contribution in [0.1, 0.15) is 34.3 Å². The van der Waals surface area contributed by atoms with Gasteiger partial charge in [0.25, 0.3) is 0 Å². The number of furan rings is 1. The summed E-state index contributed by atoms with van der Waals surface area (Å²) >= 11 is 0. The third-order valence-electron chi connectivity index (χ3n) is 3.27. The van der Waals surface area contributed by atoms with E-state index in [1.54, 1.807) is 14.0 Å². The summed E-state index contributed by atoms with van der Waals surface area (Å²) in [4.78, 5) is 0. The molecule has 1 atom stereocenters. The number of aryl methyl sites for hydroxylation is 3. The van der Waals surface area contributed by atoms with Gasteiger partial charge in [0, 0.05) is 17.2 Å². The van der Waals surface area contributed by atoms with Crippen LogP contribution >= 0.6 is 0 Å². The minimum absolute atomic E-state index is 0.350. The summed E-state index contributed by atoms with van der Waals surface area (Å²) in [5.74, 6) is 0.419. The van der Waals surface area contributed by atoms with E-state index in [4.69, 9.17) is 4.42 Å². The van der Waals surface area contributed by atoms with Crippen molar-refractivity contribution in [2.75, 3.05) is 7.05 Å². The fourth-order valence-corrected chi connectivity index (χ4v) is 2.32. The molecule has 0 saturated carbocycles. The van der Waals surface area contributed by atoms with Crippen molar-refractivity contribution in [3.63, 3.8) is 0 Å². The average molecular weight is 265 g/mol. The first-order valence-corrected chi connectivity index (χ1v) is 6.13. The van der Waals surface area contributed by atoms with Crippen molar-refractivity contribution >= 4 is 0 Å². The lowest BCUT2D eigenvalue weighted by Gasteiger charge is -2.17. The zero-order valence-electron chi connectivity index (χ0n) is 11.5. The summed E-state index contributed by atoms with van der Waals surface area (Å²) in [6, 6.07) is 3.98. The van der Waals surface area contributed by atoms with Crippen molar-refractivity contribution in [3.05, 3.63) is 58.0 Å². The first kappa shape index (κ1) is 13.7. The molecule has 19 heavy (non-hydrogen) atoms. The van der Waals surface area contributed by atoms with Crippen LogP contribution in [0.4, 0.5) is 8.78 Å². The van der Waals surface area contributed by atoms with Crippen molar-refractivity contribution in [2.45, 2.75) is 26.8 Å². The zero-order chi connectivity index (χ0) is 14.2. The molecule has 102 valence electrons. The van der Waals surface area contributed by atoms with Crippen molar-refractivity contribution in [1.82, 2.24) is 5.32 Å². The molecule has 0 radical (unpaired) electrons. The monoisotopic (exact) mass is 265 g/mol. The summed E-state index contributed by atoms with van der Waals surface area (Å²) < 4.78 is 32.8. The van der Waals surface area contributed by atoms with Crippen molar-refractivity contribution in [1.29, 1.82) is 0 Å². The molecular formula is C15H17F2NO. The van der Waals surface area contributed by atoms with Crippen molar-refractivity contribution in [3.8, 4) is 0 Å². The molecule has 0 aliphatic rings. The average Bonchev–Trinajstić information content (AvgIpc) is 2.66. The van der Waals surface area contributed by atoms with E-state index in [1.807, 2.05) is 19.9 Å². The minimum Gasteiger partial charge on any atom is -0.466 e. The van der Waals surface area contributed by atoms with Gasteiger partial charge in [-0.25, -0.2) is 8.78 Å². The highest BCUT2D eigenvalue weighted by Crippen LogP contribution is 2.30. The molecule has 1 heterocycles. The summed E-state index contributed by atoms with van der Waals surface area (Å²) in [5.41, 5.74) is 1.71. The topological polar surface area (TPSA) is 25.2 Å². The normalized spacial score (nSPS) is 12.7. The molecule has 0 fully saturated rings. The Kier molecular flexibility index (Phi) is 3.71. The molecule has 1 N–H and O–H groups in total. The molecule has 0 aliphatic carbocycles.